The van der Waals surface area contributed by atoms with Crippen molar-refractivity contribution in [1.82, 2.24) is 19.6 Å². The number of fused-ring (bicyclic) bond motifs is 1. The van der Waals surface area contributed by atoms with Gasteiger partial charge in [-0.1, -0.05) is 0 Å². The zero-order chi connectivity index (χ0) is 13.5. The van der Waals surface area contributed by atoms with Gasteiger partial charge in [0.05, 0.1) is 11.5 Å². The molecule has 1 unspecified atom stereocenters. The molecule has 2 aromatic heterocycles. The molecule has 1 aliphatic heterocycles. The first-order chi connectivity index (χ1) is 9.03. The van der Waals surface area contributed by atoms with E-state index < -0.39 is 9.84 Å². The van der Waals surface area contributed by atoms with Crippen molar-refractivity contribution in [3.8, 4) is 0 Å². The summed E-state index contributed by atoms with van der Waals surface area (Å²) in [5, 5.41) is 9.23. The van der Waals surface area contributed by atoms with E-state index in [9.17, 15) is 13.2 Å². The van der Waals surface area contributed by atoms with Gasteiger partial charge in [-0.25, -0.2) is 27.7 Å². The summed E-state index contributed by atoms with van der Waals surface area (Å²) >= 11 is 0. The standard InChI is InChI=1S/C10H13N5O3S/c16-10-14-13-9-3-8(12-6-15(9)10)11-4-7-1-2-19(17,18)5-7/h3,6-7,11H,1-2,4-5H2,(H,14,16). The molecular weight excluding hydrogens is 270 g/mol. The molecular formula is C10H13N5O3S. The summed E-state index contributed by atoms with van der Waals surface area (Å²) in [5.74, 6) is 1.19. The van der Waals surface area contributed by atoms with Gasteiger partial charge in [0.25, 0.3) is 0 Å². The Labute approximate surface area is 108 Å². The van der Waals surface area contributed by atoms with Gasteiger partial charge in [-0.15, -0.1) is 0 Å². The Morgan fingerprint density at radius 2 is 2.37 bits per heavy atom. The maximum atomic E-state index is 11.3. The molecule has 0 saturated carbocycles. The van der Waals surface area contributed by atoms with Crippen LogP contribution in [0.1, 0.15) is 6.42 Å². The predicted octanol–water partition coefficient (Wildman–Crippen LogP) is -0.736. The van der Waals surface area contributed by atoms with Crippen LogP contribution in [0.4, 0.5) is 5.82 Å². The van der Waals surface area contributed by atoms with Crippen molar-refractivity contribution < 1.29 is 8.42 Å². The number of anilines is 1. The number of hydrogen-bond acceptors (Lipinski definition) is 6. The highest BCUT2D eigenvalue weighted by molar-refractivity contribution is 7.91. The van der Waals surface area contributed by atoms with Gasteiger partial charge in [0.1, 0.15) is 12.1 Å². The fraction of sp³-hybridized carbons (Fsp3) is 0.500. The molecule has 2 N–H and O–H groups in total. The third-order valence-corrected chi connectivity index (χ3v) is 5.05. The molecule has 0 spiro atoms. The Balaban J connectivity index is 1.70. The normalized spacial score (nSPS) is 21.8. The van der Waals surface area contributed by atoms with Crippen molar-refractivity contribution in [2.45, 2.75) is 6.42 Å². The molecule has 0 bridgehead atoms. The fourth-order valence-corrected chi connectivity index (χ4v) is 4.05. The van der Waals surface area contributed by atoms with Gasteiger partial charge in [0.2, 0.25) is 0 Å². The molecule has 3 rings (SSSR count). The predicted molar refractivity (Wildman–Crippen MR) is 68.9 cm³/mol. The molecule has 1 saturated heterocycles. The van der Waals surface area contributed by atoms with Crippen molar-refractivity contribution in [2.24, 2.45) is 5.92 Å². The topological polar surface area (TPSA) is 109 Å². The average molecular weight is 283 g/mol. The Bertz CT molecular complexity index is 763. The van der Waals surface area contributed by atoms with Crippen LogP contribution in [0.2, 0.25) is 0 Å². The molecule has 0 amide bonds. The molecule has 9 heteroatoms. The van der Waals surface area contributed by atoms with Gasteiger partial charge in [0.15, 0.2) is 15.5 Å². The average Bonchev–Trinajstić information content (AvgIpc) is 2.90. The fourth-order valence-electron chi connectivity index (χ4n) is 2.19. The van der Waals surface area contributed by atoms with E-state index in [-0.39, 0.29) is 23.1 Å². The number of rotatable bonds is 3. The molecule has 102 valence electrons. The monoisotopic (exact) mass is 283 g/mol. The summed E-state index contributed by atoms with van der Waals surface area (Å²) in [5.41, 5.74) is 0.137. The molecule has 2 aromatic rings. The number of aromatic amines is 1. The van der Waals surface area contributed by atoms with Crippen LogP contribution in [0.25, 0.3) is 5.65 Å². The lowest BCUT2D eigenvalue weighted by molar-refractivity contribution is 0.595. The van der Waals surface area contributed by atoms with E-state index in [0.717, 1.165) is 0 Å². The van der Waals surface area contributed by atoms with E-state index in [2.05, 4.69) is 20.5 Å². The lowest BCUT2D eigenvalue weighted by Gasteiger charge is -2.09. The summed E-state index contributed by atoms with van der Waals surface area (Å²) in [6, 6.07) is 1.64. The quantitative estimate of drug-likeness (QED) is 0.768. The van der Waals surface area contributed by atoms with E-state index in [4.69, 9.17) is 0 Å². The van der Waals surface area contributed by atoms with Crippen LogP contribution >= 0.6 is 0 Å². The maximum Gasteiger partial charge on any atom is 0.348 e. The number of nitrogens with zero attached hydrogens (tertiary/aromatic N) is 3. The molecule has 0 radical (unpaired) electrons. The largest absolute Gasteiger partial charge is 0.370 e. The minimum atomic E-state index is -2.85. The van der Waals surface area contributed by atoms with Crippen molar-refractivity contribution in [3.05, 3.63) is 22.9 Å². The van der Waals surface area contributed by atoms with E-state index in [1.807, 2.05) is 0 Å². The first-order valence-corrected chi connectivity index (χ1v) is 7.73. The van der Waals surface area contributed by atoms with Crippen LogP contribution in [-0.4, -0.2) is 46.1 Å². The van der Waals surface area contributed by atoms with Gasteiger partial charge >= 0.3 is 5.69 Å². The Morgan fingerprint density at radius 3 is 3.11 bits per heavy atom. The van der Waals surface area contributed by atoms with Crippen LogP contribution < -0.4 is 11.0 Å². The van der Waals surface area contributed by atoms with Crippen molar-refractivity contribution in [2.75, 3.05) is 23.4 Å². The van der Waals surface area contributed by atoms with Crippen molar-refractivity contribution >= 4 is 21.3 Å². The van der Waals surface area contributed by atoms with E-state index in [1.54, 1.807) is 6.07 Å². The summed E-state index contributed by atoms with van der Waals surface area (Å²) < 4.78 is 24.0. The SMILES string of the molecule is O=c1[nH]nc2cc(NCC3CCS(=O)(=O)C3)ncn12. The highest BCUT2D eigenvalue weighted by atomic mass is 32.2. The Hall–Kier alpha value is -1.90. The second kappa shape index (κ2) is 4.34. The second-order valence-electron chi connectivity index (χ2n) is 4.68. The minimum Gasteiger partial charge on any atom is -0.370 e. The van der Waals surface area contributed by atoms with Gasteiger partial charge < -0.3 is 5.32 Å². The summed E-state index contributed by atoms with van der Waals surface area (Å²) in [6.07, 6.45) is 2.06. The molecule has 1 aliphatic rings. The van der Waals surface area contributed by atoms with Gasteiger partial charge in [-0.05, 0) is 12.3 Å². The number of nitrogens with one attached hydrogen (secondary N) is 2. The first kappa shape index (κ1) is 12.2. The van der Waals surface area contributed by atoms with Gasteiger partial charge in [0, 0.05) is 12.6 Å². The molecule has 8 nitrogen and oxygen atoms in total. The summed E-state index contributed by atoms with van der Waals surface area (Å²) in [6.45, 7) is 0.553. The highest BCUT2D eigenvalue weighted by Gasteiger charge is 2.27. The second-order valence-corrected chi connectivity index (χ2v) is 6.91. The number of hydrogen-bond donors (Lipinski definition) is 2. The van der Waals surface area contributed by atoms with Crippen molar-refractivity contribution in [1.29, 1.82) is 0 Å². The smallest absolute Gasteiger partial charge is 0.348 e. The maximum absolute atomic E-state index is 11.3. The van der Waals surface area contributed by atoms with E-state index in [0.29, 0.717) is 24.4 Å². The molecule has 1 fully saturated rings. The highest BCUT2D eigenvalue weighted by Crippen LogP contribution is 2.18. The lowest BCUT2D eigenvalue weighted by Crippen LogP contribution is -2.17. The van der Waals surface area contributed by atoms with Gasteiger partial charge in [-0.3, -0.25) is 0 Å². The van der Waals surface area contributed by atoms with Crippen LogP contribution in [0.15, 0.2) is 17.2 Å². The minimum absolute atomic E-state index is 0.115. The summed E-state index contributed by atoms with van der Waals surface area (Å²) in [4.78, 5) is 15.3. The zero-order valence-corrected chi connectivity index (χ0v) is 10.9. The van der Waals surface area contributed by atoms with Gasteiger partial charge in [-0.2, -0.15) is 5.10 Å². The zero-order valence-electron chi connectivity index (χ0n) is 10.0. The molecule has 1 atom stereocenters. The van der Waals surface area contributed by atoms with Crippen LogP contribution in [0, 0.1) is 5.92 Å². The molecule has 19 heavy (non-hydrogen) atoms. The first-order valence-electron chi connectivity index (χ1n) is 5.90. The summed E-state index contributed by atoms with van der Waals surface area (Å²) in [7, 11) is -2.85. The number of sulfone groups is 1. The Morgan fingerprint density at radius 1 is 1.53 bits per heavy atom. The molecule has 0 aromatic carbocycles. The van der Waals surface area contributed by atoms with Crippen LogP contribution in [0.5, 0.6) is 0 Å². The number of aromatic nitrogens is 4. The van der Waals surface area contributed by atoms with Crippen LogP contribution in [-0.2, 0) is 9.84 Å². The van der Waals surface area contributed by atoms with E-state index >= 15 is 0 Å². The third kappa shape index (κ3) is 2.46. The lowest BCUT2D eigenvalue weighted by atomic mass is 10.1. The number of H-pyrrole nitrogens is 1. The van der Waals surface area contributed by atoms with E-state index in [1.165, 1.54) is 10.7 Å². The Kier molecular flexibility index (Phi) is 2.77. The molecule has 0 aliphatic carbocycles. The van der Waals surface area contributed by atoms with Crippen molar-refractivity contribution in [3.63, 3.8) is 0 Å². The molecule has 3 heterocycles. The third-order valence-electron chi connectivity index (χ3n) is 3.21. The van der Waals surface area contributed by atoms with Crippen LogP contribution in [0.3, 0.4) is 0 Å².